The lowest BCUT2D eigenvalue weighted by molar-refractivity contribution is 0.506. The number of anilines is 1. The lowest BCUT2D eigenvalue weighted by Gasteiger charge is -2.32. The van der Waals surface area contributed by atoms with Crippen LogP contribution in [0.2, 0.25) is 0 Å². The van der Waals surface area contributed by atoms with E-state index in [-0.39, 0.29) is 0 Å². The van der Waals surface area contributed by atoms with Crippen LogP contribution in [0.1, 0.15) is 25.5 Å². The molecule has 1 aromatic heterocycles. The van der Waals surface area contributed by atoms with Crippen molar-refractivity contribution in [1.82, 2.24) is 4.98 Å². The molecule has 0 spiro atoms. The van der Waals surface area contributed by atoms with Gasteiger partial charge in [-0.2, -0.15) is 0 Å². The number of hydrogen-bond acceptors (Lipinski definition) is 3. The Balaban J connectivity index is 2.07. The van der Waals surface area contributed by atoms with Crippen molar-refractivity contribution >= 4 is 5.69 Å². The first-order valence-corrected chi connectivity index (χ1v) is 5.75. The van der Waals surface area contributed by atoms with Crippen molar-refractivity contribution in [3.8, 4) is 0 Å². The fourth-order valence-electron chi connectivity index (χ4n) is 2.06. The van der Waals surface area contributed by atoms with Crippen LogP contribution in [-0.4, -0.2) is 24.1 Å². The molecule has 0 radical (unpaired) electrons. The second-order valence-electron chi connectivity index (χ2n) is 4.21. The number of aryl methyl sites for hydroxylation is 1. The predicted octanol–water partition coefficient (Wildman–Crippen LogP) is 1.57. The van der Waals surface area contributed by atoms with Crippen molar-refractivity contribution in [2.24, 2.45) is 5.73 Å². The average Bonchev–Trinajstić information content (AvgIpc) is 2.29. The van der Waals surface area contributed by atoms with Crippen LogP contribution in [0.25, 0.3) is 0 Å². The molecule has 1 aliphatic rings. The van der Waals surface area contributed by atoms with Gasteiger partial charge in [-0.05, 0) is 31.4 Å². The van der Waals surface area contributed by atoms with Gasteiger partial charge in [0.15, 0.2) is 0 Å². The smallest absolute Gasteiger partial charge is 0.0553 e. The van der Waals surface area contributed by atoms with E-state index < -0.39 is 0 Å². The fourth-order valence-corrected chi connectivity index (χ4v) is 2.06. The van der Waals surface area contributed by atoms with Crippen molar-refractivity contribution in [1.29, 1.82) is 0 Å². The molecular formula is C12H19N3. The number of nitrogens with zero attached hydrogens (tertiary/aromatic N) is 2. The zero-order valence-corrected chi connectivity index (χ0v) is 9.32. The third-order valence-electron chi connectivity index (χ3n) is 2.99. The molecule has 3 heteroatoms. The monoisotopic (exact) mass is 205 g/mol. The Morgan fingerprint density at radius 3 is 3.00 bits per heavy atom. The molecule has 1 saturated heterocycles. The molecule has 1 fully saturated rings. The molecule has 2 N–H and O–H groups in total. The van der Waals surface area contributed by atoms with E-state index in [1.165, 1.54) is 12.1 Å². The SMILES string of the molecule is CCc1ccc(N2CCC[C@H](N)C2)cn1. The second kappa shape index (κ2) is 4.62. The van der Waals surface area contributed by atoms with Gasteiger partial charge in [-0.15, -0.1) is 0 Å². The Morgan fingerprint density at radius 1 is 1.53 bits per heavy atom. The summed E-state index contributed by atoms with van der Waals surface area (Å²) in [5.41, 5.74) is 8.32. The van der Waals surface area contributed by atoms with E-state index in [0.29, 0.717) is 6.04 Å². The minimum Gasteiger partial charge on any atom is -0.369 e. The zero-order valence-electron chi connectivity index (χ0n) is 9.32. The summed E-state index contributed by atoms with van der Waals surface area (Å²) in [5.74, 6) is 0. The van der Waals surface area contributed by atoms with Gasteiger partial charge in [-0.3, -0.25) is 4.98 Å². The van der Waals surface area contributed by atoms with Gasteiger partial charge in [0.05, 0.1) is 11.9 Å². The molecule has 0 aliphatic carbocycles. The van der Waals surface area contributed by atoms with Crippen LogP contribution in [0.4, 0.5) is 5.69 Å². The van der Waals surface area contributed by atoms with Crippen LogP contribution >= 0.6 is 0 Å². The van der Waals surface area contributed by atoms with Gasteiger partial charge in [0.1, 0.15) is 0 Å². The Bertz CT molecular complexity index is 307. The van der Waals surface area contributed by atoms with Crippen LogP contribution in [0.3, 0.4) is 0 Å². The molecule has 1 aliphatic heterocycles. The number of piperidine rings is 1. The summed E-state index contributed by atoms with van der Waals surface area (Å²) in [6.07, 6.45) is 5.31. The summed E-state index contributed by atoms with van der Waals surface area (Å²) in [6.45, 7) is 4.20. The van der Waals surface area contributed by atoms with Gasteiger partial charge in [-0.25, -0.2) is 0 Å². The number of pyridine rings is 1. The van der Waals surface area contributed by atoms with Crippen LogP contribution < -0.4 is 10.6 Å². The lowest BCUT2D eigenvalue weighted by atomic mass is 10.1. The van der Waals surface area contributed by atoms with E-state index in [2.05, 4.69) is 28.9 Å². The summed E-state index contributed by atoms with van der Waals surface area (Å²) >= 11 is 0. The number of aromatic nitrogens is 1. The highest BCUT2D eigenvalue weighted by atomic mass is 15.2. The van der Waals surface area contributed by atoms with Crippen molar-refractivity contribution in [3.05, 3.63) is 24.0 Å². The summed E-state index contributed by atoms with van der Waals surface area (Å²) in [4.78, 5) is 6.75. The fraction of sp³-hybridized carbons (Fsp3) is 0.583. The summed E-state index contributed by atoms with van der Waals surface area (Å²) in [6, 6.07) is 4.59. The van der Waals surface area contributed by atoms with Crippen molar-refractivity contribution in [2.75, 3.05) is 18.0 Å². The minimum atomic E-state index is 0.324. The molecule has 2 heterocycles. The van der Waals surface area contributed by atoms with Crippen LogP contribution in [-0.2, 0) is 6.42 Å². The first kappa shape index (κ1) is 10.4. The number of nitrogens with two attached hydrogens (primary N) is 1. The summed E-state index contributed by atoms with van der Waals surface area (Å²) in [7, 11) is 0. The van der Waals surface area contributed by atoms with E-state index in [0.717, 1.165) is 31.6 Å². The van der Waals surface area contributed by atoms with Crippen LogP contribution in [0.5, 0.6) is 0 Å². The quantitative estimate of drug-likeness (QED) is 0.797. The molecule has 0 saturated carbocycles. The lowest BCUT2D eigenvalue weighted by Crippen LogP contribution is -2.42. The molecule has 3 nitrogen and oxygen atoms in total. The van der Waals surface area contributed by atoms with E-state index in [9.17, 15) is 0 Å². The molecule has 2 rings (SSSR count). The minimum absolute atomic E-state index is 0.324. The number of rotatable bonds is 2. The van der Waals surface area contributed by atoms with Crippen LogP contribution in [0, 0.1) is 0 Å². The standard InChI is InChI=1S/C12H19N3/c1-2-11-5-6-12(8-14-11)15-7-3-4-10(13)9-15/h5-6,8,10H,2-4,7,9,13H2,1H3/t10-/m0/s1. The van der Waals surface area contributed by atoms with Crippen LogP contribution in [0.15, 0.2) is 18.3 Å². The van der Waals surface area contributed by atoms with Gasteiger partial charge < -0.3 is 10.6 Å². The highest BCUT2D eigenvalue weighted by molar-refractivity contribution is 5.45. The average molecular weight is 205 g/mol. The van der Waals surface area contributed by atoms with E-state index >= 15 is 0 Å². The van der Waals surface area contributed by atoms with E-state index in [4.69, 9.17) is 5.73 Å². The maximum atomic E-state index is 5.96. The molecule has 0 aromatic carbocycles. The maximum absolute atomic E-state index is 5.96. The van der Waals surface area contributed by atoms with Gasteiger partial charge in [0.2, 0.25) is 0 Å². The summed E-state index contributed by atoms with van der Waals surface area (Å²) < 4.78 is 0. The van der Waals surface area contributed by atoms with Gasteiger partial charge >= 0.3 is 0 Å². The first-order chi connectivity index (χ1) is 7.29. The topological polar surface area (TPSA) is 42.1 Å². The van der Waals surface area contributed by atoms with Gasteiger partial charge in [-0.1, -0.05) is 6.92 Å². The molecule has 0 unspecified atom stereocenters. The number of hydrogen-bond donors (Lipinski definition) is 1. The van der Waals surface area contributed by atoms with Crippen molar-refractivity contribution < 1.29 is 0 Å². The maximum Gasteiger partial charge on any atom is 0.0553 e. The highest BCUT2D eigenvalue weighted by Crippen LogP contribution is 2.18. The molecule has 15 heavy (non-hydrogen) atoms. The normalized spacial score (nSPS) is 21.7. The molecule has 0 bridgehead atoms. The largest absolute Gasteiger partial charge is 0.369 e. The molecule has 82 valence electrons. The van der Waals surface area contributed by atoms with Crippen molar-refractivity contribution in [3.63, 3.8) is 0 Å². The Kier molecular flexibility index (Phi) is 3.21. The Hall–Kier alpha value is -1.09. The molecular weight excluding hydrogens is 186 g/mol. The van der Waals surface area contributed by atoms with Gasteiger partial charge in [0, 0.05) is 24.8 Å². The second-order valence-corrected chi connectivity index (χ2v) is 4.21. The molecule has 1 atom stereocenters. The summed E-state index contributed by atoms with van der Waals surface area (Å²) in [5, 5.41) is 0. The molecule has 1 aromatic rings. The first-order valence-electron chi connectivity index (χ1n) is 5.75. The highest BCUT2D eigenvalue weighted by Gasteiger charge is 2.16. The Morgan fingerprint density at radius 2 is 2.40 bits per heavy atom. The zero-order chi connectivity index (χ0) is 10.7. The van der Waals surface area contributed by atoms with E-state index in [1.54, 1.807) is 0 Å². The molecule has 0 amide bonds. The third-order valence-corrected chi connectivity index (χ3v) is 2.99. The van der Waals surface area contributed by atoms with Gasteiger partial charge in [0.25, 0.3) is 0 Å². The van der Waals surface area contributed by atoms with Crippen molar-refractivity contribution in [2.45, 2.75) is 32.2 Å². The third kappa shape index (κ3) is 2.48. The predicted molar refractivity (Wildman–Crippen MR) is 63.0 cm³/mol. The van der Waals surface area contributed by atoms with E-state index in [1.807, 2.05) is 6.20 Å². The Labute approximate surface area is 91.3 Å².